The number of hydrazine groups is 1. The molecule has 110 valence electrons. The topological polar surface area (TPSA) is 92.5 Å². The van der Waals surface area contributed by atoms with Crippen molar-refractivity contribution in [3.63, 3.8) is 0 Å². The van der Waals surface area contributed by atoms with Crippen molar-refractivity contribution in [3.05, 3.63) is 29.8 Å². The number of amides is 1. The molecule has 1 aliphatic rings. The fraction of sp³-hybridized carbons (Fsp3) is 0.462. The van der Waals surface area contributed by atoms with Crippen LogP contribution >= 0.6 is 0 Å². The van der Waals surface area contributed by atoms with Crippen molar-refractivity contribution in [2.75, 3.05) is 13.1 Å². The number of nitrogens with two attached hydrogens (primary N) is 1. The molecule has 0 radical (unpaired) electrons. The van der Waals surface area contributed by atoms with E-state index < -0.39 is 15.9 Å². The molecule has 0 atom stereocenters. The SMILES string of the molecule is CC1CCN(S(=O)(=O)c2cccc(C(=O)NN)c2)CC1. The standard InChI is InChI=1S/C13H19N3O3S/c1-10-5-7-16(8-6-10)20(18,19)12-4-2-3-11(9-12)13(17)15-14/h2-4,9-10H,5-8,14H2,1H3,(H,15,17). The van der Waals surface area contributed by atoms with Crippen LogP contribution in [0.15, 0.2) is 29.2 Å². The Morgan fingerprint density at radius 3 is 2.60 bits per heavy atom. The molecule has 0 unspecified atom stereocenters. The van der Waals surface area contributed by atoms with E-state index in [4.69, 9.17) is 5.84 Å². The molecule has 3 N–H and O–H groups in total. The molecule has 1 aromatic carbocycles. The van der Waals surface area contributed by atoms with Gasteiger partial charge in [0, 0.05) is 18.7 Å². The molecule has 1 amide bonds. The zero-order chi connectivity index (χ0) is 14.8. The summed E-state index contributed by atoms with van der Waals surface area (Å²) in [6.07, 6.45) is 1.73. The van der Waals surface area contributed by atoms with Crippen LogP contribution in [0.1, 0.15) is 30.1 Å². The summed E-state index contributed by atoms with van der Waals surface area (Å²) in [4.78, 5) is 11.6. The highest BCUT2D eigenvalue weighted by Gasteiger charge is 2.28. The van der Waals surface area contributed by atoms with Crippen LogP contribution in [-0.4, -0.2) is 31.7 Å². The van der Waals surface area contributed by atoms with Gasteiger partial charge in [0.15, 0.2) is 0 Å². The number of benzene rings is 1. The van der Waals surface area contributed by atoms with Crippen molar-refractivity contribution in [1.29, 1.82) is 0 Å². The highest BCUT2D eigenvalue weighted by Crippen LogP contribution is 2.23. The zero-order valence-electron chi connectivity index (χ0n) is 11.4. The van der Waals surface area contributed by atoms with Crippen LogP contribution in [-0.2, 0) is 10.0 Å². The lowest BCUT2D eigenvalue weighted by atomic mass is 10.0. The third kappa shape index (κ3) is 3.00. The molecule has 1 heterocycles. The predicted octanol–water partition coefficient (Wildman–Crippen LogP) is 0.711. The highest BCUT2D eigenvalue weighted by molar-refractivity contribution is 7.89. The largest absolute Gasteiger partial charge is 0.290 e. The van der Waals surface area contributed by atoms with Crippen molar-refractivity contribution < 1.29 is 13.2 Å². The van der Waals surface area contributed by atoms with E-state index in [1.807, 2.05) is 5.43 Å². The van der Waals surface area contributed by atoms with Gasteiger partial charge in [0.25, 0.3) is 5.91 Å². The number of carbonyl (C=O) groups is 1. The third-order valence-corrected chi connectivity index (χ3v) is 5.50. The minimum Gasteiger partial charge on any atom is -0.290 e. The van der Waals surface area contributed by atoms with Crippen LogP contribution in [0.4, 0.5) is 0 Å². The second-order valence-electron chi connectivity index (χ2n) is 5.09. The summed E-state index contributed by atoms with van der Waals surface area (Å²) in [5.41, 5.74) is 2.23. The van der Waals surface area contributed by atoms with Gasteiger partial charge in [-0.3, -0.25) is 10.2 Å². The molecule has 7 heteroatoms. The molecular weight excluding hydrogens is 278 g/mol. The van der Waals surface area contributed by atoms with E-state index in [9.17, 15) is 13.2 Å². The van der Waals surface area contributed by atoms with E-state index in [-0.39, 0.29) is 10.5 Å². The van der Waals surface area contributed by atoms with Crippen LogP contribution in [0.5, 0.6) is 0 Å². The normalized spacial score (nSPS) is 17.9. The lowest BCUT2D eigenvalue weighted by molar-refractivity contribution is 0.0953. The summed E-state index contributed by atoms with van der Waals surface area (Å²) in [5.74, 6) is 5.11. The van der Waals surface area contributed by atoms with E-state index >= 15 is 0 Å². The van der Waals surface area contributed by atoms with Gasteiger partial charge in [-0.15, -0.1) is 0 Å². The van der Waals surface area contributed by atoms with Gasteiger partial charge in [-0.05, 0) is 37.0 Å². The van der Waals surface area contributed by atoms with E-state index in [0.717, 1.165) is 12.8 Å². The molecule has 2 rings (SSSR count). The van der Waals surface area contributed by atoms with Crippen LogP contribution in [0.25, 0.3) is 0 Å². The smallest absolute Gasteiger partial charge is 0.265 e. The third-order valence-electron chi connectivity index (χ3n) is 3.61. The van der Waals surface area contributed by atoms with E-state index in [1.165, 1.54) is 22.5 Å². The molecule has 0 aromatic heterocycles. The van der Waals surface area contributed by atoms with Gasteiger partial charge in [0.2, 0.25) is 10.0 Å². The van der Waals surface area contributed by atoms with E-state index in [0.29, 0.717) is 19.0 Å². The Kier molecular flexibility index (Phi) is 4.42. The highest BCUT2D eigenvalue weighted by atomic mass is 32.2. The maximum atomic E-state index is 12.5. The van der Waals surface area contributed by atoms with Gasteiger partial charge in [0.05, 0.1) is 4.90 Å². The van der Waals surface area contributed by atoms with Gasteiger partial charge in [-0.25, -0.2) is 14.3 Å². The number of nitrogens with one attached hydrogen (secondary N) is 1. The number of rotatable bonds is 3. The molecule has 1 saturated heterocycles. The van der Waals surface area contributed by atoms with Crippen molar-refractivity contribution in [2.45, 2.75) is 24.7 Å². The second-order valence-corrected chi connectivity index (χ2v) is 7.03. The molecule has 0 saturated carbocycles. The Balaban J connectivity index is 2.28. The van der Waals surface area contributed by atoms with Gasteiger partial charge in [0.1, 0.15) is 0 Å². The molecule has 0 aliphatic carbocycles. The first-order valence-electron chi connectivity index (χ1n) is 6.56. The monoisotopic (exact) mass is 297 g/mol. The van der Waals surface area contributed by atoms with E-state index in [1.54, 1.807) is 6.07 Å². The summed E-state index contributed by atoms with van der Waals surface area (Å²) in [7, 11) is -3.54. The number of hydrogen-bond donors (Lipinski definition) is 2. The van der Waals surface area contributed by atoms with Crippen molar-refractivity contribution in [2.24, 2.45) is 11.8 Å². The molecule has 1 fully saturated rings. The number of hydrogen-bond acceptors (Lipinski definition) is 4. The lowest BCUT2D eigenvalue weighted by Gasteiger charge is -2.29. The number of sulfonamides is 1. The molecule has 0 bridgehead atoms. The number of carbonyl (C=O) groups excluding carboxylic acids is 1. The van der Waals surface area contributed by atoms with Crippen LogP contribution in [0.3, 0.4) is 0 Å². The zero-order valence-corrected chi connectivity index (χ0v) is 12.2. The van der Waals surface area contributed by atoms with Gasteiger partial charge in [-0.1, -0.05) is 13.0 Å². The molecule has 6 nitrogen and oxygen atoms in total. The number of piperidine rings is 1. The Hall–Kier alpha value is -1.44. The van der Waals surface area contributed by atoms with Crippen molar-refractivity contribution in [1.82, 2.24) is 9.73 Å². The van der Waals surface area contributed by atoms with Crippen LogP contribution in [0.2, 0.25) is 0 Å². The minimum absolute atomic E-state index is 0.133. The predicted molar refractivity (Wildman–Crippen MR) is 75.3 cm³/mol. The molecule has 1 aliphatic heterocycles. The maximum Gasteiger partial charge on any atom is 0.265 e. The van der Waals surface area contributed by atoms with Gasteiger partial charge >= 0.3 is 0 Å². The Morgan fingerprint density at radius 2 is 2.00 bits per heavy atom. The first-order chi connectivity index (χ1) is 9.45. The molecule has 20 heavy (non-hydrogen) atoms. The lowest BCUT2D eigenvalue weighted by Crippen LogP contribution is -2.38. The van der Waals surface area contributed by atoms with Crippen LogP contribution in [0, 0.1) is 5.92 Å². The summed E-state index contributed by atoms with van der Waals surface area (Å²) < 4.78 is 26.5. The quantitative estimate of drug-likeness (QED) is 0.488. The van der Waals surface area contributed by atoms with E-state index in [2.05, 4.69) is 6.92 Å². The van der Waals surface area contributed by atoms with Crippen molar-refractivity contribution >= 4 is 15.9 Å². The Bertz CT molecular complexity index is 593. The minimum atomic E-state index is -3.54. The van der Waals surface area contributed by atoms with Gasteiger partial charge < -0.3 is 0 Å². The van der Waals surface area contributed by atoms with Crippen LogP contribution < -0.4 is 11.3 Å². The molecule has 1 aromatic rings. The Morgan fingerprint density at radius 1 is 1.35 bits per heavy atom. The fourth-order valence-electron chi connectivity index (χ4n) is 2.26. The summed E-state index contributed by atoms with van der Waals surface area (Å²) >= 11 is 0. The maximum absolute atomic E-state index is 12.5. The summed E-state index contributed by atoms with van der Waals surface area (Å²) in [5, 5.41) is 0. The summed E-state index contributed by atoms with van der Waals surface area (Å²) in [6, 6.07) is 5.93. The average molecular weight is 297 g/mol. The van der Waals surface area contributed by atoms with Gasteiger partial charge in [-0.2, -0.15) is 4.31 Å². The number of nitrogens with zero attached hydrogens (tertiary/aromatic N) is 1. The summed E-state index contributed by atoms with van der Waals surface area (Å²) in [6.45, 7) is 3.17. The fourth-order valence-corrected chi connectivity index (χ4v) is 3.77. The molecule has 0 spiro atoms. The average Bonchev–Trinajstić information content (AvgIpc) is 2.47. The van der Waals surface area contributed by atoms with Crippen molar-refractivity contribution in [3.8, 4) is 0 Å². The molecular formula is C13H19N3O3S. The Labute approximate surface area is 119 Å². The second kappa shape index (κ2) is 5.90. The first-order valence-corrected chi connectivity index (χ1v) is 8.00. The first kappa shape index (κ1) is 15.0. The number of nitrogen functional groups attached to an aromatic ring is 1.